The third-order valence-corrected chi connectivity index (χ3v) is 4.30. The summed E-state index contributed by atoms with van der Waals surface area (Å²) in [6.45, 7) is 7.38. The molecule has 0 amide bonds. The van der Waals surface area contributed by atoms with Crippen molar-refractivity contribution in [1.82, 2.24) is 0 Å². The van der Waals surface area contributed by atoms with E-state index in [1.807, 2.05) is 0 Å². The molecule has 0 aliphatic carbocycles. The summed E-state index contributed by atoms with van der Waals surface area (Å²) in [6, 6.07) is 5.20. The summed E-state index contributed by atoms with van der Waals surface area (Å²) in [5, 5.41) is 8.61. The van der Waals surface area contributed by atoms with Crippen molar-refractivity contribution < 1.29 is 14.3 Å². The summed E-state index contributed by atoms with van der Waals surface area (Å²) < 4.78 is 14.4. The van der Waals surface area contributed by atoms with Crippen LogP contribution in [-0.4, -0.2) is 23.7 Å². The monoisotopic (exact) mass is 291 g/mol. The minimum atomic E-state index is -1.04. The lowest BCUT2D eigenvalue weighted by Gasteiger charge is -2.42. The topological polar surface area (TPSA) is 40.5 Å². The first-order valence-corrected chi connectivity index (χ1v) is 7.35. The molecule has 1 aromatic rings. The summed E-state index contributed by atoms with van der Waals surface area (Å²) in [6.07, 6.45) is 3.58. The van der Waals surface area contributed by atoms with Gasteiger partial charge in [0.25, 0.3) is 0 Å². The van der Waals surface area contributed by atoms with Crippen molar-refractivity contribution in [2.75, 3.05) is 11.4 Å². The molecule has 0 aromatic heterocycles. The van der Waals surface area contributed by atoms with E-state index in [0.717, 1.165) is 12.6 Å². The summed E-state index contributed by atoms with van der Waals surface area (Å²) in [5.74, 6) is -0.260. The molecule has 0 bridgehead atoms. The van der Waals surface area contributed by atoms with Crippen molar-refractivity contribution in [1.29, 1.82) is 0 Å². The van der Waals surface area contributed by atoms with E-state index < -0.39 is 5.97 Å². The molecule has 21 heavy (non-hydrogen) atoms. The van der Waals surface area contributed by atoms with Crippen LogP contribution in [0.15, 0.2) is 24.3 Å². The van der Waals surface area contributed by atoms with Crippen molar-refractivity contribution in [3.63, 3.8) is 0 Å². The van der Waals surface area contributed by atoms with Gasteiger partial charge >= 0.3 is 5.97 Å². The SMILES string of the molecule is CC1CC(C)C(C)N(c2ccc(/C=C/C(=O)O)cc2F)C1. The lowest BCUT2D eigenvalue weighted by atomic mass is 9.85. The number of piperidine rings is 1. The first-order valence-electron chi connectivity index (χ1n) is 7.35. The fraction of sp³-hybridized carbons (Fsp3) is 0.471. The van der Waals surface area contributed by atoms with Crippen molar-refractivity contribution >= 4 is 17.7 Å². The Balaban J connectivity index is 2.26. The molecule has 3 atom stereocenters. The standard InChI is InChI=1S/C17H22FNO2/c1-11-8-12(2)13(3)19(10-11)16-6-4-14(9-15(16)18)5-7-17(20)21/h4-7,9,11-13H,8,10H2,1-3H3,(H,20,21)/b7-5+. The van der Waals surface area contributed by atoms with Crippen LogP contribution < -0.4 is 4.90 Å². The zero-order valence-corrected chi connectivity index (χ0v) is 12.7. The average molecular weight is 291 g/mol. The quantitative estimate of drug-likeness (QED) is 0.861. The van der Waals surface area contributed by atoms with E-state index in [2.05, 4.69) is 25.7 Å². The molecule has 3 unspecified atom stereocenters. The van der Waals surface area contributed by atoms with Crippen LogP contribution in [-0.2, 0) is 4.79 Å². The van der Waals surface area contributed by atoms with Gasteiger partial charge in [0.05, 0.1) is 5.69 Å². The van der Waals surface area contributed by atoms with Crippen molar-refractivity contribution in [3.8, 4) is 0 Å². The Hall–Kier alpha value is -1.84. The van der Waals surface area contributed by atoms with E-state index in [4.69, 9.17) is 5.11 Å². The molecular formula is C17H22FNO2. The Morgan fingerprint density at radius 3 is 2.71 bits per heavy atom. The highest BCUT2D eigenvalue weighted by Gasteiger charge is 2.30. The molecule has 114 valence electrons. The molecule has 3 nitrogen and oxygen atoms in total. The number of nitrogens with zero attached hydrogens (tertiary/aromatic N) is 1. The molecule has 1 heterocycles. The number of carboxylic acids is 1. The number of benzene rings is 1. The summed E-state index contributed by atoms with van der Waals surface area (Å²) >= 11 is 0. The molecule has 1 aliphatic heterocycles. The minimum absolute atomic E-state index is 0.296. The van der Waals surface area contributed by atoms with Crippen LogP contribution in [0.3, 0.4) is 0 Å². The molecule has 1 aromatic carbocycles. The number of carbonyl (C=O) groups is 1. The summed E-state index contributed by atoms with van der Waals surface area (Å²) in [4.78, 5) is 12.6. The molecule has 0 spiro atoms. The maximum absolute atomic E-state index is 14.4. The number of aliphatic carboxylic acids is 1. The molecule has 2 rings (SSSR count). The van der Waals surface area contributed by atoms with E-state index >= 15 is 0 Å². The van der Waals surface area contributed by atoms with Crippen molar-refractivity contribution in [2.45, 2.75) is 33.2 Å². The zero-order valence-electron chi connectivity index (χ0n) is 12.7. The van der Waals surface area contributed by atoms with Crippen molar-refractivity contribution in [3.05, 3.63) is 35.7 Å². The molecule has 1 fully saturated rings. The van der Waals surface area contributed by atoms with Crippen LogP contribution in [0.2, 0.25) is 0 Å². The number of rotatable bonds is 3. The van der Waals surface area contributed by atoms with Crippen LogP contribution in [0, 0.1) is 17.7 Å². The second-order valence-electron chi connectivity index (χ2n) is 6.09. The number of hydrogen-bond donors (Lipinski definition) is 1. The smallest absolute Gasteiger partial charge is 0.328 e. The highest BCUT2D eigenvalue weighted by Crippen LogP contribution is 2.33. The number of carboxylic acid groups (broad SMARTS) is 1. The fourth-order valence-electron chi connectivity index (χ4n) is 3.06. The fourth-order valence-corrected chi connectivity index (χ4v) is 3.06. The highest BCUT2D eigenvalue weighted by atomic mass is 19.1. The van der Waals surface area contributed by atoms with Crippen LogP contribution in [0.25, 0.3) is 6.08 Å². The van der Waals surface area contributed by atoms with E-state index in [0.29, 0.717) is 29.1 Å². The summed E-state index contributed by atoms with van der Waals surface area (Å²) in [5.41, 5.74) is 1.16. The van der Waals surface area contributed by atoms with E-state index in [1.165, 1.54) is 18.6 Å². The van der Waals surface area contributed by atoms with Crippen LogP contribution >= 0.6 is 0 Å². The third-order valence-electron chi connectivity index (χ3n) is 4.30. The normalized spacial score (nSPS) is 26.3. The molecule has 1 saturated heterocycles. The lowest BCUT2D eigenvalue weighted by Crippen LogP contribution is -2.46. The minimum Gasteiger partial charge on any atom is -0.478 e. The van der Waals surface area contributed by atoms with Crippen LogP contribution in [0.1, 0.15) is 32.8 Å². The Bertz CT molecular complexity index is 556. The van der Waals surface area contributed by atoms with Gasteiger partial charge in [-0.15, -0.1) is 0 Å². The highest BCUT2D eigenvalue weighted by molar-refractivity contribution is 5.85. The third kappa shape index (κ3) is 3.63. The van der Waals surface area contributed by atoms with Crippen LogP contribution in [0.4, 0.5) is 10.1 Å². The van der Waals surface area contributed by atoms with Gasteiger partial charge in [-0.25, -0.2) is 9.18 Å². The first-order chi connectivity index (χ1) is 9.88. The Kier molecular flexibility index (Phi) is 4.66. The van der Waals surface area contributed by atoms with E-state index in [-0.39, 0.29) is 5.82 Å². The van der Waals surface area contributed by atoms with Crippen LogP contribution in [0.5, 0.6) is 0 Å². The largest absolute Gasteiger partial charge is 0.478 e. The Morgan fingerprint density at radius 2 is 2.10 bits per heavy atom. The van der Waals surface area contributed by atoms with Gasteiger partial charge in [-0.05, 0) is 49.0 Å². The van der Waals surface area contributed by atoms with Gasteiger partial charge in [-0.2, -0.15) is 0 Å². The van der Waals surface area contributed by atoms with Gasteiger partial charge in [-0.3, -0.25) is 0 Å². The average Bonchev–Trinajstić information content (AvgIpc) is 2.41. The van der Waals surface area contributed by atoms with E-state index in [1.54, 1.807) is 12.1 Å². The number of anilines is 1. The maximum Gasteiger partial charge on any atom is 0.328 e. The van der Waals surface area contributed by atoms with Crippen molar-refractivity contribution in [2.24, 2.45) is 11.8 Å². The van der Waals surface area contributed by atoms with Gasteiger partial charge in [0.1, 0.15) is 5.82 Å². The maximum atomic E-state index is 14.4. The molecular weight excluding hydrogens is 269 g/mol. The second-order valence-corrected chi connectivity index (χ2v) is 6.09. The predicted octanol–water partition coefficient (Wildman–Crippen LogP) is 3.79. The van der Waals surface area contributed by atoms with E-state index in [9.17, 15) is 9.18 Å². The van der Waals surface area contributed by atoms with Gasteiger partial charge in [0.2, 0.25) is 0 Å². The van der Waals surface area contributed by atoms with Gasteiger partial charge in [0.15, 0.2) is 0 Å². The number of hydrogen-bond acceptors (Lipinski definition) is 2. The number of halogens is 1. The molecule has 0 radical (unpaired) electrons. The Labute approximate surface area is 125 Å². The molecule has 0 saturated carbocycles. The van der Waals surface area contributed by atoms with Gasteiger partial charge < -0.3 is 10.0 Å². The predicted molar refractivity (Wildman–Crippen MR) is 82.8 cm³/mol. The summed E-state index contributed by atoms with van der Waals surface area (Å²) in [7, 11) is 0. The second kappa shape index (κ2) is 6.29. The molecule has 4 heteroatoms. The van der Waals surface area contributed by atoms with Gasteiger partial charge in [-0.1, -0.05) is 19.9 Å². The van der Waals surface area contributed by atoms with Gasteiger partial charge in [0, 0.05) is 18.7 Å². The first kappa shape index (κ1) is 15.5. The Morgan fingerprint density at radius 1 is 1.38 bits per heavy atom. The molecule has 1 N–H and O–H groups in total. The zero-order chi connectivity index (χ0) is 15.6. The molecule has 1 aliphatic rings. The lowest BCUT2D eigenvalue weighted by molar-refractivity contribution is -0.131.